The first-order chi connectivity index (χ1) is 12.8. The Hall–Kier alpha value is -2.77. The molecule has 0 saturated carbocycles. The zero-order valence-corrected chi connectivity index (χ0v) is 15.3. The van der Waals surface area contributed by atoms with E-state index >= 15 is 0 Å². The number of imide groups is 1. The van der Waals surface area contributed by atoms with E-state index in [1.54, 1.807) is 12.1 Å². The predicted octanol–water partition coefficient (Wildman–Crippen LogP) is -0.460. The number of nitrogens with zero attached hydrogens (tertiary/aromatic N) is 4. The summed E-state index contributed by atoms with van der Waals surface area (Å²) in [7, 11) is -3.84. The van der Waals surface area contributed by atoms with Crippen molar-refractivity contribution in [3.05, 3.63) is 29.8 Å². The third-order valence-electron chi connectivity index (χ3n) is 4.66. The monoisotopic (exact) mass is 390 g/mol. The predicted molar refractivity (Wildman–Crippen MR) is 92.4 cm³/mol. The van der Waals surface area contributed by atoms with E-state index in [2.05, 4.69) is 0 Å². The Morgan fingerprint density at radius 3 is 2.22 bits per heavy atom. The van der Waals surface area contributed by atoms with Crippen molar-refractivity contribution in [3.8, 4) is 6.07 Å². The van der Waals surface area contributed by atoms with E-state index in [1.807, 2.05) is 6.07 Å². The van der Waals surface area contributed by atoms with Crippen molar-refractivity contribution in [3.63, 3.8) is 0 Å². The van der Waals surface area contributed by atoms with Gasteiger partial charge in [0.2, 0.25) is 27.7 Å². The van der Waals surface area contributed by atoms with Crippen LogP contribution < -0.4 is 0 Å². The minimum absolute atomic E-state index is 0.0551. The third kappa shape index (κ3) is 3.70. The molecule has 0 bridgehead atoms. The average Bonchev–Trinajstić information content (AvgIpc) is 3.00. The zero-order valence-electron chi connectivity index (χ0n) is 14.5. The first kappa shape index (κ1) is 19.0. The summed E-state index contributed by atoms with van der Waals surface area (Å²) in [4.78, 5) is 37.9. The molecule has 0 radical (unpaired) electrons. The van der Waals surface area contributed by atoms with Crippen LogP contribution in [-0.2, 0) is 24.4 Å². The van der Waals surface area contributed by atoms with E-state index in [1.165, 1.54) is 21.3 Å². The molecule has 0 aliphatic carbocycles. The summed E-state index contributed by atoms with van der Waals surface area (Å²) < 4.78 is 26.8. The number of carbonyl (C=O) groups excluding carboxylic acids is 3. The van der Waals surface area contributed by atoms with E-state index < -0.39 is 10.0 Å². The van der Waals surface area contributed by atoms with Crippen LogP contribution in [0.15, 0.2) is 29.2 Å². The molecule has 2 aliphatic rings. The van der Waals surface area contributed by atoms with Gasteiger partial charge in [0.05, 0.1) is 10.5 Å². The number of carbonyl (C=O) groups is 3. The topological polar surface area (TPSA) is 119 Å². The Bertz CT molecular complexity index is 913. The molecule has 1 aromatic carbocycles. The summed E-state index contributed by atoms with van der Waals surface area (Å²) in [5.41, 5.74) is 0.0714. The largest absolute Gasteiger partial charge is 0.338 e. The standard InChI is InChI=1S/C17H18N4O5S/c18-11-13-3-1-2-4-14(13)27(25,26)20-9-7-19(8-10-20)17(24)12-21-15(22)5-6-16(21)23/h1-4H,5-10,12H2. The van der Waals surface area contributed by atoms with Crippen LogP contribution in [0.5, 0.6) is 0 Å². The highest BCUT2D eigenvalue weighted by molar-refractivity contribution is 7.89. The van der Waals surface area contributed by atoms with Crippen LogP contribution in [0.1, 0.15) is 18.4 Å². The average molecular weight is 390 g/mol. The number of sulfonamides is 1. The van der Waals surface area contributed by atoms with Crippen molar-refractivity contribution in [2.45, 2.75) is 17.7 Å². The maximum atomic E-state index is 12.8. The third-order valence-corrected chi connectivity index (χ3v) is 6.62. The Kier molecular flexibility index (Phi) is 5.25. The maximum Gasteiger partial charge on any atom is 0.244 e. The molecule has 1 aromatic rings. The Morgan fingerprint density at radius 1 is 1.04 bits per heavy atom. The van der Waals surface area contributed by atoms with Crippen LogP contribution in [0.2, 0.25) is 0 Å². The summed E-state index contributed by atoms with van der Waals surface area (Å²) in [5, 5.41) is 9.13. The number of amides is 3. The first-order valence-electron chi connectivity index (χ1n) is 8.45. The van der Waals surface area contributed by atoms with Gasteiger partial charge >= 0.3 is 0 Å². The van der Waals surface area contributed by atoms with Gasteiger partial charge in [0, 0.05) is 39.0 Å². The Morgan fingerprint density at radius 2 is 1.63 bits per heavy atom. The van der Waals surface area contributed by atoms with Gasteiger partial charge in [-0.2, -0.15) is 9.57 Å². The van der Waals surface area contributed by atoms with E-state index in [4.69, 9.17) is 5.26 Å². The fourth-order valence-corrected chi connectivity index (χ4v) is 4.70. The maximum absolute atomic E-state index is 12.8. The number of benzene rings is 1. The number of hydrogen-bond acceptors (Lipinski definition) is 6. The molecular formula is C17H18N4O5S. The SMILES string of the molecule is N#Cc1ccccc1S(=O)(=O)N1CCN(C(=O)CN2C(=O)CCC2=O)CC1. The molecule has 2 saturated heterocycles. The highest BCUT2D eigenvalue weighted by atomic mass is 32.2. The van der Waals surface area contributed by atoms with Gasteiger partial charge in [-0.05, 0) is 12.1 Å². The van der Waals surface area contributed by atoms with E-state index in [-0.39, 0.29) is 73.7 Å². The molecule has 0 N–H and O–H groups in total. The lowest BCUT2D eigenvalue weighted by atomic mass is 10.2. The van der Waals surface area contributed by atoms with Gasteiger partial charge in [0.15, 0.2) is 0 Å². The molecular weight excluding hydrogens is 372 g/mol. The molecule has 3 rings (SSSR count). The second-order valence-corrected chi connectivity index (χ2v) is 8.17. The molecule has 0 aromatic heterocycles. The molecule has 0 spiro atoms. The van der Waals surface area contributed by atoms with Crippen molar-refractivity contribution in [2.75, 3.05) is 32.7 Å². The summed E-state index contributed by atoms with van der Waals surface area (Å²) in [6, 6.07) is 7.85. The summed E-state index contributed by atoms with van der Waals surface area (Å²) in [5.74, 6) is -1.10. The highest BCUT2D eigenvalue weighted by Crippen LogP contribution is 2.21. The van der Waals surface area contributed by atoms with Gasteiger partial charge in [0.25, 0.3) is 0 Å². The lowest BCUT2D eigenvalue weighted by Gasteiger charge is -2.34. The summed E-state index contributed by atoms with van der Waals surface area (Å²) in [6.07, 6.45) is 0.243. The van der Waals surface area contributed by atoms with Crippen LogP contribution in [0, 0.1) is 11.3 Å². The van der Waals surface area contributed by atoms with Crippen LogP contribution in [0.25, 0.3) is 0 Å². The molecule has 27 heavy (non-hydrogen) atoms. The molecule has 2 heterocycles. The van der Waals surface area contributed by atoms with Gasteiger partial charge in [-0.15, -0.1) is 0 Å². The molecule has 9 nitrogen and oxygen atoms in total. The Labute approximate surface area is 156 Å². The second kappa shape index (κ2) is 7.46. The van der Waals surface area contributed by atoms with Gasteiger partial charge < -0.3 is 4.90 Å². The van der Waals surface area contributed by atoms with Crippen molar-refractivity contribution in [1.29, 1.82) is 5.26 Å². The molecule has 3 amide bonds. The van der Waals surface area contributed by atoms with E-state index in [9.17, 15) is 22.8 Å². The fourth-order valence-electron chi connectivity index (χ4n) is 3.14. The lowest BCUT2D eigenvalue weighted by Crippen LogP contribution is -2.53. The smallest absolute Gasteiger partial charge is 0.244 e. The minimum atomic E-state index is -3.84. The normalized spacial score (nSPS) is 18.6. The summed E-state index contributed by atoms with van der Waals surface area (Å²) >= 11 is 0. The van der Waals surface area contributed by atoms with Gasteiger partial charge in [-0.3, -0.25) is 19.3 Å². The van der Waals surface area contributed by atoms with Crippen LogP contribution in [-0.4, -0.2) is 73.0 Å². The number of likely N-dealkylation sites (tertiary alicyclic amines) is 1. The van der Waals surface area contributed by atoms with Crippen LogP contribution in [0.3, 0.4) is 0 Å². The molecule has 2 fully saturated rings. The second-order valence-electron chi connectivity index (χ2n) is 6.27. The van der Waals surface area contributed by atoms with Gasteiger partial charge in [0.1, 0.15) is 12.6 Å². The van der Waals surface area contributed by atoms with Crippen LogP contribution >= 0.6 is 0 Å². The molecule has 0 unspecified atom stereocenters. The zero-order chi connectivity index (χ0) is 19.6. The van der Waals surface area contributed by atoms with Crippen molar-refractivity contribution >= 4 is 27.7 Å². The van der Waals surface area contributed by atoms with Crippen molar-refractivity contribution in [1.82, 2.24) is 14.1 Å². The quantitative estimate of drug-likeness (QED) is 0.642. The number of piperazine rings is 1. The number of nitriles is 1. The minimum Gasteiger partial charge on any atom is -0.338 e. The van der Waals surface area contributed by atoms with Crippen molar-refractivity contribution < 1.29 is 22.8 Å². The summed E-state index contributed by atoms with van der Waals surface area (Å²) in [6.45, 7) is 0.166. The first-order valence-corrected chi connectivity index (χ1v) is 9.89. The number of hydrogen-bond donors (Lipinski definition) is 0. The van der Waals surface area contributed by atoms with Gasteiger partial charge in [-0.1, -0.05) is 12.1 Å². The van der Waals surface area contributed by atoms with E-state index in [0.29, 0.717) is 0 Å². The molecule has 0 atom stereocenters. The molecule has 2 aliphatic heterocycles. The Balaban J connectivity index is 1.65. The van der Waals surface area contributed by atoms with Gasteiger partial charge in [-0.25, -0.2) is 8.42 Å². The number of rotatable bonds is 4. The highest BCUT2D eigenvalue weighted by Gasteiger charge is 2.35. The van der Waals surface area contributed by atoms with Crippen LogP contribution in [0.4, 0.5) is 0 Å². The fraction of sp³-hybridized carbons (Fsp3) is 0.412. The molecule has 142 valence electrons. The lowest BCUT2D eigenvalue weighted by molar-refractivity contribution is -0.145. The molecule has 10 heteroatoms. The van der Waals surface area contributed by atoms with E-state index in [0.717, 1.165) is 4.90 Å². The van der Waals surface area contributed by atoms with Crippen molar-refractivity contribution in [2.24, 2.45) is 0 Å².